The van der Waals surface area contributed by atoms with Gasteiger partial charge in [-0.1, -0.05) is 19.3 Å². The van der Waals surface area contributed by atoms with E-state index in [1.54, 1.807) is 0 Å². The fourth-order valence-electron chi connectivity index (χ4n) is 3.71. The van der Waals surface area contributed by atoms with Crippen LogP contribution in [0, 0.1) is 0 Å². The minimum absolute atomic E-state index is 0. The molecular weight excluding hydrogens is 286 g/mol. The first-order valence-electron chi connectivity index (χ1n) is 8.42. The average Bonchev–Trinajstić information content (AvgIpc) is 2.50. The van der Waals surface area contributed by atoms with Crippen LogP contribution in [0.5, 0.6) is 0 Å². The number of carbonyl (C=O) groups excluding carboxylic acids is 1. The van der Waals surface area contributed by atoms with Gasteiger partial charge in [0.1, 0.15) is 0 Å². The molecule has 0 aromatic heterocycles. The molecule has 2 rings (SSSR count). The van der Waals surface area contributed by atoms with E-state index in [4.69, 9.17) is 0 Å². The Morgan fingerprint density at radius 2 is 1.67 bits per heavy atom. The lowest BCUT2D eigenvalue weighted by Crippen LogP contribution is -2.49. The van der Waals surface area contributed by atoms with Crippen molar-refractivity contribution in [2.24, 2.45) is 0 Å². The van der Waals surface area contributed by atoms with Crippen molar-refractivity contribution in [1.82, 2.24) is 15.1 Å². The number of nitrogens with zero attached hydrogens (tertiary/aromatic N) is 2. The molecule has 124 valence electrons. The highest BCUT2D eigenvalue weighted by atomic mass is 35.5. The molecule has 1 saturated heterocycles. The number of hydrogen-bond acceptors (Lipinski definition) is 3. The first-order valence-corrected chi connectivity index (χ1v) is 8.42. The second-order valence-corrected chi connectivity index (χ2v) is 6.37. The zero-order valence-corrected chi connectivity index (χ0v) is 14.5. The lowest BCUT2D eigenvalue weighted by molar-refractivity contribution is -0.135. The summed E-state index contributed by atoms with van der Waals surface area (Å²) < 4.78 is 0. The van der Waals surface area contributed by atoms with E-state index in [-0.39, 0.29) is 12.4 Å². The van der Waals surface area contributed by atoms with Crippen LogP contribution in [-0.2, 0) is 4.79 Å². The summed E-state index contributed by atoms with van der Waals surface area (Å²) in [5.41, 5.74) is 0. The summed E-state index contributed by atoms with van der Waals surface area (Å²) in [5, 5.41) is 3.39. The van der Waals surface area contributed by atoms with Crippen LogP contribution in [-0.4, -0.2) is 61.0 Å². The molecule has 0 spiro atoms. The van der Waals surface area contributed by atoms with Crippen LogP contribution in [0.3, 0.4) is 0 Å². The van der Waals surface area contributed by atoms with Gasteiger partial charge in [0.15, 0.2) is 0 Å². The van der Waals surface area contributed by atoms with Crippen LogP contribution in [0.4, 0.5) is 0 Å². The molecule has 0 unspecified atom stereocenters. The standard InChI is InChI=1S/C16H31N3O.ClH/c1-3-19(15-7-5-4-6-8-15)16(20)13-18(2)14-9-11-17-12-10-14;/h14-15,17H,3-13H2,1-2H3;1H. The summed E-state index contributed by atoms with van der Waals surface area (Å²) in [6.07, 6.45) is 8.67. The fraction of sp³-hybridized carbons (Fsp3) is 0.938. The molecule has 2 fully saturated rings. The van der Waals surface area contributed by atoms with Gasteiger partial charge in [-0.2, -0.15) is 0 Å². The first-order chi connectivity index (χ1) is 9.72. The van der Waals surface area contributed by atoms with Crippen LogP contribution in [0.2, 0.25) is 0 Å². The number of piperidine rings is 1. The number of carbonyl (C=O) groups is 1. The normalized spacial score (nSPS) is 21.1. The summed E-state index contributed by atoms with van der Waals surface area (Å²) in [6, 6.07) is 1.08. The minimum atomic E-state index is 0. The van der Waals surface area contributed by atoms with Gasteiger partial charge in [-0.3, -0.25) is 9.69 Å². The number of hydrogen-bond donors (Lipinski definition) is 1. The second-order valence-electron chi connectivity index (χ2n) is 6.37. The Morgan fingerprint density at radius 1 is 1.05 bits per heavy atom. The molecule has 0 aromatic rings. The second kappa shape index (κ2) is 9.65. The molecule has 2 aliphatic rings. The smallest absolute Gasteiger partial charge is 0.236 e. The van der Waals surface area contributed by atoms with Gasteiger partial charge in [-0.05, 0) is 52.7 Å². The number of amides is 1. The van der Waals surface area contributed by atoms with Crippen molar-refractivity contribution in [1.29, 1.82) is 0 Å². The van der Waals surface area contributed by atoms with E-state index in [1.807, 2.05) is 0 Å². The van der Waals surface area contributed by atoms with Crippen LogP contribution in [0.25, 0.3) is 0 Å². The number of rotatable bonds is 5. The number of likely N-dealkylation sites (N-methyl/N-ethyl adjacent to an activating group) is 2. The van der Waals surface area contributed by atoms with E-state index in [2.05, 4.69) is 29.1 Å². The summed E-state index contributed by atoms with van der Waals surface area (Å²) in [6.45, 7) is 5.75. The van der Waals surface area contributed by atoms with Crippen molar-refractivity contribution < 1.29 is 4.79 Å². The third-order valence-electron chi connectivity index (χ3n) is 4.99. The predicted molar refractivity (Wildman–Crippen MR) is 90.0 cm³/mol. The molecule has 0 radical (unpaired) electrons. The largest absolute Gasteiger partial charge is 0.339 e. The highest BCUT2D eigenvalue weighted by molar-refractivity contribution is 5.85. The average molecular weight is 318 g/mol. The molecular formula is C16H32ClN3O. The highest BCUT2D eigenvalue weighted by Crippen LogP contribution is 2.23. The topological polar surface area (TPSA) is 35.6 Å². The van der Waals surface area contributed by atoms with Gasteiger partial charge in [-0.15, -0.1) is 12.4 Å². The third kappa shape index (κ3) is 5.42. The van der Waals surface area contributed by atoms with Crippen LogP contribution in [0.15, 0.2) is 0 Å². The van der Waals surface area contributed by atoms with Crippen molar-refractivity contribution in [3.05, 3.63) is 0 Å². The number of nitrogens with one attached hydrogen (secondary N) is 1. The Morgan fingerprint density at radius 3 is 2.24 bits per heavy atom. The van der Waals surface area contributed by atoms with Crippen LogP contribution >= 0.6 is 12.4 Å². The van der Waals surface area contributed by atoms with E-state index in [0.717, 1.165) is 19.6 Å². The maximum Gasteiger partial charge on any atom is 0.236 e. The van der Waals surface area contributed by atoms with Crippen molar-refractivity contribution >= 4 is 18.3 Å². The Hall–Kier alpha value is -0.320. The van der Waals surface area contributed by atoms with E-state index < -0.39 is 0 Å². The number of halogens is 1. The van der Waals surface area contributed by atoms with E-state index in [0.29, 0.717) is 24.5 Å². The zero-order valence-electron chi connectivity index (χ0n) is 13.6. The summed E-state index contributed by atoms with van der Waals surface area (Å²) in [7, 11) is 2.11. The van der Waals surface area contributed by atoms with Gasteiger partial charge in [0.25, 0.3) is 0 Å². The third-order valence-corrected chi connectivity index (χ3v) is 4.99. The Kier molecular flexibility index (Phi) is 8.60. The van der Waals surface area contributed by atoms with Crippen LogP contribution in [0.1, 0.15) is 51.9 Å². The van der Waals surface area contributed by atoms with Gasteiger partial charge >= 0.3 is 0 Å². The molecule has 0 aromatic carbocycles. The molecule has 1 aliphatic heterocycles. The van der Waals surface area contributed by atoms with Crippen molar-refractivity contribution in [3.63, 3.8) is 0 Å². The molecule has 0 atom stereocenters. The predicted octanol–water partition coefficient (Wildman–Crippen LogP) is 2.27. The van der Waals surface area contributed by atoms with Gasteiger partial charge in [0.2, 0.25) is 5.91 Å². The molecule has 0 bridgehead atoms. The summed E-state index contributed by atoms with van der Waals surface area (Å²) >= 11 is 0. The lowest BCUT2D eigenvalue weighted by atomic mass is 9.94. The lowest BCUT2D eigenvalue weighted by Gasteiger charge is -2.36. The van der Waals surface area contributed by atoms with E-state index >= 15 is 0 Å². The van der Waals surface area contributed by atoms with Gasteiger partial charge in [-0.25, -0.2) is 0 Å². The fourth-order valence-corrected chi connectivity index (χ4v) is 3.71. The van der Waals surface area contributed by atoms with E-state index in [1.165, 1.54) is 44.9 Å². The maximum absolute atomic E-state index is 12.6. The van der Waals surface area contributed by atoms with E-state index in [9.17, 15) is 4.79 Å². The Labute approximate surface area is 136 Å². The monoisotopic (exact) mass is 317 g/mol. The Balaban J connectivity index is 0.00000220. The highest BCUT2D eigenvalue weighted by Gasteiger charge is 2.26. The molecule has 21 heavy (non-hydrogen) atoms. The van der Waals surface area contributed by atoms with Crippen molar-refractivity contribution in [3.8, 4) is 0 Å². The van der Waals surface area contributed by atoms with Crippen molar-refractivity contribution in [2.75, 3.05) is 33.2 Å². The molecule has 1 amide bonds. The Bertz CT molecular complexity index is 302. The molecule has 1 saturated carbocycles. The first kappa shape index (κ1) is 18.7. The molecule has 1 aliphatic carbocycles. The summed E-state index contributed by atoms with van der Waals surface area (Å²) in [5.74, 6) is 0.334. The minimum Gasteiger partial charge on any atom is -0.339 e. The van der Waals surface area contributed by atoms with Crippen molar-refractivity contribution in [2.45, 2.75) is 64.0 Å². The van der Waals surface area contributed by atoms with Gasteiger partial charge in [0, 0.05) is 18.6 Å². The zero-order chi connectivity index (χ0) is 14.4. The maximum atomic E-state index is 12.6. The quantitative estimate of drug-likeness (QED) is 0.845. The molecule has 5 heteroatoms. The SMILES string of the molecule is CCN(C(=O)CN(C)C1CCNCC1)C1CCCCC1.Cl. The molecule has 1 N–H and O–H groups in total. The summed E-state index contributed by atoms with van der Waals surface area (Å²) in [4.78, 5) is 17.0. The van der Waals surface area contributed by atoms with Gasteiger partial charge in [0.05, 0.1) is 6.54 Å². The van der Waals surface area contributed by atoms with Crippen LogP contribution < -0.4 is 5.32 Å². The van der Waals surface area contributed by atoms with Gasteiger partial charge < -0.3 is 10.2 Å². The molecule has 1 heterocycles. The molecule has 4 nitrogen and oxygen atoms in total.